The molecule has 0 radical (unpaired) electrons. The van der Waals surface area contributed by atoms with E-state index in [-0.39, 0.29) is 5.91 Å². The SMILES string of the molecule is Nc1cc2c(cc1Nc1cc(Br)ccc1Cl)CCC(=O)N2. The average molecular weight is 367 g/mol. The van der Waals surface area contributed by atoms with Crippen LogP contribution in [0, 0.1) is 0 Å². The Kier molecular flexibility index (Phi) is 3.78. The molecular weight excluding hydrogens is 354 g/mol. The third kappa shape index (κ3) is 2.99. The van der Waals surface area contributed by atoms with Crippen LogP contribution < -0.4 is 16.4 Å². The second-order valence-corrected chi connectivity index (χ2v) is 6.22. The Morgan fingerprint density at radius 2 is 2.00 bits per heavy atom. The Labute approximate surface area is 135 Å². The van der Waals surface area contributed by atoms with Gasteiger partial charge in [-0.05, 0) is 42.3 Å². The zero-order valence-corrected chi connectivity index (χ0v) is 13.4. The first kappa shape index (κ1) is 14.2. The van der Waals surface area contributed by atoms with Crippen molar-refractivity contribution in [1.29, 1.82) is 0 Å². The summed E-state index contributed by atoms with van der Waals surface area (Å²) < 4.78 is 0.929. The van der Waals surface area contributed by atoms with Gasteiger partial charge in [-0.15, -0.1) is 0 Å². The van der Waals surface area contributed by atoms with Gasteiger partial charge in [-0.1, -0.05) is 27.5 Å². The summed E-state index contributed by atoms with van der Waals surface area (Å²) in [5.41, 5.74) is 10.0. The molecule has 0 saturated carbocycles. The van der Waals surface area contributed by atoms with Crippen LogP contribution in [0.5, 0.6) is 0 Å². The molecule has 1 amide bonds. The number of fused-ring (bicyclic) bond motifs is 1. The lowest BCUT2D eigenvalue weighted by molar-refractivity contribution is -0.116. The molecule has 6 heteroatoms. The van der Waals surface area contributed by atoms with Crippen molar-refractivity contribution in [3.63, 3.8) is 0 Å². The second-order valence-electron chi connectivity index (χ2n) is 4.89. The number of rotatable bonds is 2. The third-order valence-electron chi connectivity index (χ3n) is 3.37. The highest BCUT2D eigenvalue weighted by atomic mass is 79.9. The van der Waals surface area contributed by atoms with E-state index in [0.29, 0.717) is 23.6 Å². The van der Waals surface area contributed by atoms with Crippen LogP contribution in [0.4, 0.5) is 22.7 Å². The Morgan fingerprint density at radius 1 is 1.19 bits per heavy atom. The lowest BCUT2D eigenvalue weighted by Gasteiger charge is -2.20. The van der Waals surface area contributed by atoms with E-state index in [0.717, 1.165) is 27.1 Å². The fraction of sp³-hybridized carbons (Fsp3) is 0.133. The Morgan fingerprint density at radius 3 is 2.81 bits per heavy atom. The van der Waals surface area contributed by atoms with Crippen LogP contribution >= 0.6 is 27.5 Å². The van der Waals surface area contributed by atoms with Crippen molar-refractivity contribution in [3.8, 4) is 0 Å². The summed E-state index contributed by atoms with van der Waals surface area (Å²) in [7, 11) is 0. The summed E-state index contributed by atoms with van der Waals surface area (Å²) in [5, 5.41) is 6.69. The predicted octanol–water partition coefficient (Wildman–Crippen LogP) is 4.31. The second kappa shape index (κ2) is 5.58. The van der Waals surface area contributed by atoms with Crippen LogP contribution in [0.25, 0.3) is 0 Å². The number of carbonyl (C=O) groups excluding carboxylic acids is 1. The van der Waals surface area contributed by atoms with Crippen LogP contribution in [-0.2, 0) is 11.2 Å². The van der Waals surface area contributed by atoms with Crippen molar-refractivity contribution in [2.75, 3.05) is 16.4 Å². The molecule has 0 bridgehead atoms. The van der Waals surface area contributed by atoms with E-state index in [1.54, 1.807) is 6.07 Å². The van der Waals surface area contributed by atoms with Crippen LogP contribution in [0.15, 0.2) is 34.8 Å². The Bertz CT molecular complexity index is 733. The molecule has 1 heterocycles. The lowest BCUT2D eigenvalue weighted by atomic mass is 10.0. The van der Waals surface area contributed by atoms with Gasteiger partial charge in [0.05, 0.1) is 22.1 Å². The van der Waals surface area contributed by atoms with Crippen molar-refractivity contribution in [2.45, 2.75) is 12.8 Å². The predicted molar refractivity (Wildman–Crippen MR) is 90.2 cm³/mol. The minimum Gasteiger partial charge on any atom is -0.397 e. The van der Waals surface area contributed by atoms with Crippen molar-refractivity contribution >= 4 is 56.2 Å². The number of aryl methyl sites for hydroxylation is 1. The molecule has 21 heavy (non-hydrogen) atoms. The number of nitrogens with two attached hydrogens (primary N) is 1. The molecule has 4 nitrogen and oxygen atoms in total. The number of carbonyl (C=O) groups is 1. The molecular formula is C15H13BrClN3O. The van der Waals surface area contributed by atoms with Crippen molar-refractivity contribution in [1.82, 2.24) is 0 Å². The fourth-order valence-electron chi connectivity index (χ4n) is 2.29. The van der Waals surface area contributed by atoms with Gasteiger partial charge in [-0.2, -0.15) is 0 Å². The Balaban J connectivity index is 1.96. The van der Waals surface area contributed by atoms with Gasteiger partial charge < -0.3 is 16.4 Å². The number of halogens is 2. The number of hydrogen-bond acceptors (Lipinski definition) is 3. The topological polar surface area (TPSA) is 67.1 Å². The highest BCUT2D eigenvalue weighted by Crippen LogP contribution is 2.35. The third-order valence-corrected chi connectivity index (χ3v) is 4.19. The average Bonchev–Trinajstić information content (AvgIpc) is 2.44. The maximum absolute atomic E-state index is 11.4. The molecule has 0 aliphatic carbocycles. The van der Waals surface area contributed by atoms with Gasteiger partial charge >= 0.3 is 0 Å². The van der Waals surface area contributed by atoms with E-state index in [9.17, 15) is 4.79 Å². The Hall–Kier alpha value is -1.72. The summed E-state index contributed by atoms with van der Waals surface area (Å²) in [6.07, 6.45) is 1.20. The highest BCUT2D eigenvalue weighted by Gasteiger charge is 2.17. The van der Waals surface area contributed by atoms with Crippen LogP contribution in [-0.4, -0.2) is 5.91 Å². The number of benzene rings is 2. The van der Waals surface area contributed by atoms with E-state index < -0.39 is 0 Å². The molecule has 0 aromatic heterocycles. The standard InChI is InChI=1S/C15H13BrClN3O/c16-9-2-3-10(17)13(6-9)19-14-5-8-1-4-15(21)20-12(8)7-11(14)18/h2-3,5-7,19H,1,4,18H2,(H,20,21). The van der Waals surface area contributed by atoms with E-state index in [4.69, 9.17) is 17.3 Å². The molecule has 0 fully saturated rings. The van der Waals surface area contributed by atoms with Gasteiger partial charge in [0, 0.05) is 16.6 Å². The quantitative estimate of drug-likeness (QED) is 0.694. The maximum atomic E-state index is 11.4. The first-order chi connectivity index (χ1) is 10.0. The summed E-state index contributed by atoms with van der Waals surface area (Å²) in [4.78, 5) is 11.4. The van der Waals surface area contributed by atoms with Crippen molar-refractivity contribution < 1.29 is 4.79 Å². The van der Waals surface area contributed by atoms with Crippen molar-refractivity contribution in [3.05, 3.63) is 45.4 Å². The molecule has 1 aliphatic rings. The van der Waals surface area contributed by atoms with Crippen LogP contribution in [0.2, 0.25) is 5.02 Å². The molecule has 4 N–H and O–H groups in total. The zero-order chi connectivity index (χ0) is 15.0. The maximum Gasteiger partial charge on any atom is 0.224 e. The number of amides is 1. The number of anilines is 4. The smallest absolute Gasteiger partial charge is 0.224 e. The number of nitrogen functional groups attached to an aromatic ring is 1. The summed E-state index contributed by atoms with van der Waals surface area (Å²) >= 11 is 9.60. The fourth-order valence-corrected chi connectivity index (χ4v) is 2.82. The van der Waals surface area contributed by atoms with E-state index in [2.05, 4.69) is 26.6 Å². The molecule has 0 saturated heterocycles. The van der Waals surface area contributed by atoms with Gasteiger partial charge in [0.15, 0.2) is 0 Å². The summed E-state index contributed by atoms with van der Waals surface area (Å²) in [5.74, 6) is 0.0256. The molecule has 2 aromatic rings. The summed E-state index contributed by atoms with van der Waals surface area (Å²) in [6.45, 7) is 0. The van der Waals surface area contributed by atoms with Gasteiger partial charge in [-0.3, -0.25) is 4.79 Å². The minimum atomic E-state index is 0.0256. The van der Waals surface area contributed by atoms with Crippen LogP contribution in [0.3, 0.4) is 0 Å². The molecule has 3 rings (SSSR count). The zero-order valence-electron chi connectivity index (χ0n) is 11.0. The molecule has 0 spiro atoms. The number of nitrogens with one attached hydrogen (secondary N) is 2. The largest absolute Gasteiger partial charge is 0.397 e. The van der Waals surface area contributed by atoms with E-state index >= 15 is 0 Å². The monoisotopic (exact) mass is 365 g/mol. The van der Waals surface area contributed by atoms with Crippen LogP contribution in [0.1, 0.15) is 12.0 Å². The van der Waals surface area contributed by atoms with E-state index in [1.807, 2.05) is 24.3 Å². The van der Waals surface area contributed by atoms with Gasteiger partial charge in [0.25, 0.3) is 0 Å². The first-order valence-electron chi connectivity index (χ1n) is 6.47. The molecule has 1 aliphatic heterocycles. The lowest BCUT2D eigenvalue weighted by Crippen LogP contribution is -2.19. The molecule has 2 aromatic carbocycles. The normalized spacial score (nSPS) is 13.5. The van der Waals surface area contributed by atoms with Gasteiger partial charge in [-0.25, -0.2) is 0 Å². The molecule has 0 atom stereocenters. The molecule has 108 valence electrons. The van der Waals surface area contributed by atoms with Gasteiger partial charge in [0.1, 0.15) is 0 Å². The molecule has 0 unspecified atom stereocenters. The highest BCUT2D eigenvalue weighted by molar-refractivity contribution is 9.10. The van der Waals surface area contributed by atoms with Crippen molar-refractivity contribution in [2.24, 2.45) is 0 Å². The number of hydrogen-bond donors (Lipinski definition) is 3. The van der Waals surface area contributed by atoms with E-state index in [1.165, 1.54) is 0 Å². The minimum absolute atomic E-state index is 0.0256. The summed E-state index contributed by atoms with van der Waals surface area (Å²) in [6, 6.07) is 9.31. The van der Waals surface area contributed by atoms with Gasteiger partial charge in [0.2, 0.25) is 5.91 Å². The first-order valence-corrected chi connectivity index (χ1v) is 7.64.